The van der Waals surface area contributed by atoms with Gasteiger partial charge >= 0.3 is 0 Å². The molecule has 0 fully saturated rings. The van der Waals surface area contributed by atoms with Crippen LogP contribution in [0.25, 0.3) is 10.9 Å². The summed E-state index contributed by atoms with van der Waals surface area (Å²) in [4.78, 5) is 30.8. The number of nitrogens with one attached hydrogen (secondary N) is 1. The zero-order valence-corrected chi connectivity index (χ0v) is 18.0. The van der Waals surface area contributed by atoms with E-state index < -0.39 is 0 Å². The lowest BCUT2D eigenvalue weighted by Gasteiger charge is -2.33. The Hall–Kier alpha value is -2.47. The molecule has 0 aliphatic heterocycles. The van der Waals surface area contributed by atoms with Gasteiger partial charge in [-0.2, -0.15) is 0 Å². The predicted octanol–water partition coefficient (Wildman–Crippen LogP) is 5.31. The molecule has 152 valence electrons. The summed E-state index contributed by atoms with van der Waals surface area (Å²) >= 11 is 1.58. The molecule has 1 unspecified atom stereocenters. The Bertz CT molecular complexity index is 1060. The SMILES string of the molecule is CC(C)(C)C1CCc2nc(NC(=O)CCC(=O)n3ccc4ccccc43)sc2C1. The van der Waals surface area contributed by atoms with Crippen molar-refractivity contribution in [2.24, 2.45) is 11.3 Å². The molecular weight excluding hydrogens is 382 g/mol. The molecule has 1 aliphatic rings. The van der Waals surface area contributed by atoms with Crippen molar-refractivity contribution < 1.29 is 9.59 Å². The first-order valence-electron chi connectivity index (χ1n) is 10.2. The average Bonchev–Trinajstić information content (AvgIpc) is 3.28. The van der Waals surface area contributed by atoms with Crippen LogP contribution in [0.2, 0.25) is 0 Å². The lowest BCUT2D eigenvalue weighted by Crippen LogP contribution is -2.26. The van der Waals surface area contributed by atoms with Crippen molar-refractivity contribution in [2.75, 3.05) is 5.32 Å². The number of para-hydroxylation sites is 1. The predicted molar refractivity (Wildman–Crippen MR) is 118 cm³/mol. The number of nitrogens with zero attached hydrogens (tertiary/aromatic N) is 2. The van der Waals surface area contributed by atoms with E-state index in [2.05, 4.69) is 31.1 Å². The molecule has 2 aromatic heterocycles. The molecule has 5 nitrogen and oxygen atoms in total. The van der Waals surface area contributed by atoms with Crippen LogP contribution < -0.4 is 5.32 Å². The van der Waals surface area contributed by atoms with Crippen LogP contribution in [-0.2, 0) is 17.6 Å². The summed E-state index contributed by atoms with van der Waals surface area (Å²) in [7, 11) is 0. The minimum absolute atomic E-state index is 0.0761. The number of hydrogen-bond donors (Lipinski definition) is 1. The highest BCUT2D eigenvalue weighted by Crippen LogP contribution is 2.40. The summed E-state index contributed by atoms with van der Waals surface area (Å²) in [6.07, 6.45) is 5.24. The van der Waals surface area contributed by atoms with Crippen LogP contribution >= 0.6 is 11.3 Å². The maximum absolute atomic E-state index is 12.5. The molecule has 0 spiro atoms. The third-order valence-electron chi connectivity index (χ3n) is 5.84. The van der Waals surface area contributed by atoms with Gasteiger partial charge in [-0.15, -0.1) is 11.3 Å². The average molecular weight is 410 g/mol. The number of anilines is 1. The van der Waals surface area contributed by atoms with E-state index in [-0.39, 0.29) is 30.1 Å². The number of aromatic nitrogens is 2. The topological polar surface area (TPSA) is 64.0 Å². The third kappa shape index (κ3) is 4.27. The van der Waals surface area contributed by atoms with Gasteiger partial charge in [0.2, 0.25) is 11.8 Å². The maximum atomic E-state index is 12.5. The number of rotatable bonds is 4. The van der Waals surface area contributed by atoms with Crippen LogP contribution in [0.1, 0.15) is 55.4 Å². The van der Waals surface area contributed by atoms with Gasteiger partial charge in [-0.1, -0.05) is 39.0 Å². The third-order valence-corrected chi connectivity index (χ3v) is 6.88. The van der Waals surface area contributed by atoms with Crippen LogP contribution in [-0.4, -0.2) is 21.4 Å². The molecule has 0 saturated carbocycles. The first-order valence-corrected chi connectivity index (χ1v) is 11.0. The molecule has 29 heavy (non-hydrogen) atoms. The van der Waals surface area contributed by atoms with Gasteiger partial charge in [0, 0.05) is 29.3 Å². The standard InChI is InChI=1S/C23H27N3O2S/c1-23(2,3)16-8-9-17-19(14-16)29-22(24-17)25-20(27)10-11-21(28)26-13-12-15-6-4-5-7-18(15)26/h4-7,12-13,16H,8-11,14H2,1-3H3,(H,24,25,27). The molecule has 1 amide bonds. The monoisotopic (exact) mass is 409 g/mol. The van der Waals surface area contributed by atoms with E-state index in [1.807, 2.05) is 30.3 Å². The summed E-state index contributed by atoms with van der Waals surface area (Å²) in [5, 5.41) is 4.58. The number of amides is 1. The normalized spacial score (nSPS) is 16.6. The molecular formula is C23H27N3O2S. The molecule has 3 aromatic rings. The second-order valence-corrected chi connectivity index (χ2v) is 9.96. The van der Waals surface area contributed by atoms with Crippen LogP contribution in [0.4, 0.5) is 5.13 Å². The van der Waals surface area contributed by atoms with Gasteiger partial charge in [0.25, 0.3) is 0 Å². The fourth-order valence-corrected chi connectivity index (χ4v) is 5.09. The van der Waals surface area contributed by atoms with E-state index >= 15 is 0 Å². The molecule has 0 bridgehead atoms. The molecule has 1 aliphatic carbocycles. The smallest absolute Gasteiger partial charge is 0.231 e. The summed E-state index contributed by atoms with van der Waals surface area (Å²) < 4.78 is 1.62. The fraction of sp³-hybridized carbons (Fsp3) is 0.435. The van der Waals surface area contributed by atoms with Crippen molar-refractivity contribution in [3.8, 4) is 0 Å². The summed E-state index contributed by atoms with van der Waals surface area (Å²) in [5.41, 5.74) is 2.29. The molecule has 0 radical (unpaired) electrons. The van der Waals surface area contributed by atoms with Crippen molar-refractivity contribution in [2.45, 2.75) is 52.9 Å². The number of thiazole rings is 1. The van der Waals surface area contributed by atoms with Crippen LogP contribution in [0.5, 0.6) is 0 Å². The second-order valence-electron chi connectivity index (χ2n) is 8.88. The zero-order chi connectivity index (χ0) is 20.6. The number of carbonyl (C=O) groups is 2. The maximum Gasteiger partial charge on any atom is 0.231 e. The Morgan fingerprint density at radius 3 is 2.79 bits per heavy atom. The Morgan fingerprint density at radius 1 is 1.21 bits per heavy atom. The largest absolute Gasteiger partial charge is 0.302 e. The van der Waals surface area contributed by atoms with E-state index in [4.69, 9.17) is 0 Å². The number of aryl methyl sites for hydroxylation is 1. The highest BCUT2D eigenvalue weighted by atomic mass is 32.1. The van der Waals surface area contributed by atoms with Crippen molar-refractivity contribution in [1.82, 2.24) is 9.55 Å². The molecule has 6 heteroatoms. The lowest BCUT2D eigenvalue weighted by molar-refractivity contribution is -0.116. The fourth-order valence-electron chi connectivity index (χ4n) is 3.99. The van der Waals surface area contributed by atoms with E-state index in [1.165, 1.54) is 4.88 Å². The summed E-state index contributed by atoms with van der Waals surface area (Å²) in [6, 6.07) is 9.66. The lowest BCUT2D eigenvalue weighted by atomic mass is 9.73. The zero-order valence-electron chi connectivity index (χ0n) is 17.2. The quantitative estimate of drug-likeness (QED) is 0.635. The number of hydrogen-bond acceptors (Lipinski definition) is 4. The molecule has 1 N–H and O–H groups in total. The van der Waals surface area contributed by atoms with Gasteiger partial charge in [-0.25, -0.2) is 4.98 Å². The molecule has 4 rings (SSSR count). The Morgan fingerprint density at radius 2 is 2.00 bits per heavy atom. The highest BCUT2D eigenvalue weighted by Gasteiger charge is 2.30. The van der Waals surface area contributed by atoms with Gasteiger partial charge in [0.15, 0.2) is 5.13 Å². The van der Waals surface area contributed by atoms with E-state index in [9.17, 15) is 9.59 Å². The molecule has 1 aromatic carbocycles. The minimum atomic E-state index is -0.159. The summed E-state index contributed by atoms with van der Waals surface area (Å²) in [5.74, 6) is 0.411. The van der Waals surface area contributed by atoms with Gasteiger partial charge in [0.05, 0.1) is 11.2 Å². The number of benzene rings is 1. The minimum Gasteiger partial charge on any atom is -0.302 e. The van der Waals surface area contributed by atoms with Gasteiger partial charge in [0.1, 0.15) is 0 Å². The number of fused-ring (bicyclic) bond motifs is 2. The first-order chi connectivity index (χ1) is 13.8. The van der Waals surface area contributed by atoms with Crippen molar-refractivity contribution in [3.05, 3.63) is 47.1 Å². The van der Waals surface area contributed by atoms with Crippen molar-refractivity contribution >= 4 is 39.2 Å². The van der Waals surface area contributed by atoms with Crippen LogP contribution in [0.3, 0.4) is 0 Å². The second kappa shape index (κ2) is 7.75. The molecule has 2 heterocycles. The van der Waals surface area contributed by atoms with Crippen molar-refractivity contribution in [3.63, 3.8) is 0 Å². The van der Waals surface area contributed by atoms with Crippen molar-refractivity contribution in [1.29, 1.82) is 0 Å². The Balaban J connectivity index is 1.35. The Kier molecular flexibility index (Phi) is 5.30. The van der Waals surface area contributed by atoms with E-state index in [0.717, 1.165) is 35.9 Å². The van der Waals surface area contributed by atoms with Gasteiger partial charge in [-0.3, -0.25) is 14.2 Å². The van der Waals surface area contributed by atoms with Gasteiger partial charge < -0.3 is 5.32 Å². The summed E-state index contributed by atoms with van der Waals surface area (Å²) in [6.45, 7) is 6.87. The molecule has 0 saturated heterocycles. The molecule has 1 atom stereocenters. The van der Waals surface area contributed by atoms with E-state index in [1.54, 1.807) is 22.1 Å². The Labute approximate surface area is 175 Å². The van der Waals surface area contributed by atoms with Gasteiger partial charge in [-0.05, 0) is 42.7 Å². The van der Waals surface area contributed by atoms with Crippen LogP contribution in [0, 0.1) is 11.3 Å². The van der Waals surface area contributed by atoms with Crippen LogP contribution in [0.15, 0.2) is 36.5 Å². The highest BCUT2D eigenvalue weighted by molar-refractivity contribution is 7.15. The number of carbonyl (C=O) groups excluding carboxylic acids is 2. The van der Waals surface area contributed by atoms with E-state index in [0.29, 0.717) is 11.0 Å². The first kappa shape index (κ1) is 19.8.